The van der Waals surface area contributed by atoms with E-state index >= 15 is 0 Å². The number of ether oxygens (including phenoxy) is 1. The number of esters is 1. The fraction of sp³-hybridized carbons (Fsp3) is 0.333. The van der Waals surface area contributed by atoms with E-state index in [4.69, 9.17) is 4.74 Å². The van der Waals surface area contributed by atoms with Gasteiger partial charge < -0.3 is 15.4 Å². The standard InChI is InChI=1S/C21H22N2O3S/c1-13(24)26-19-4-2-3-5-20(19)27-16-9-6-14(7-10-16)21(25)23-18-12-15-8-11-17(18)22-15/h2-7,9-10,15,17-18,22H,8,11-12H2,1H3,(H,23,25)/t15-,17+,18-/m1/s1. The highest BCUT2D eigenvalue weighted by atomic mass is 32.2. The van der Waals surface area contributed by atoms with Crippen molar-refractivity contribution in [3.05, 3.63) is 54.1 Å². The molecule has 2 aromatic rings. The number of nitrogens with one attached hydrogen (secondary N) is 2. The first-order chi connectivity index (χ1) is 13.1. The number of hydrogen-bond acceptors (Lipinski definition) is 5. The molecule has 1 amide bonds. The van der Waals surface area contributed by atoms with Crippen LogP contribution in [0.15, 0.2) is 58.3 Å². The SMILES string of the molecule is CC(=O)Oc1ccccc1Sc1ccc(C(=O)N[C@@H]2C[C@H]3CC[C@@H]2N3)cc1. The van der Waals surface area contributed by atoms with Gasteiger partial charge in [0.05, 0.1) is 4.90 Å². The van der Waals surface area contributed by atoms with E-state index in [1.165, 1.54) is 25.1 Å². The summed E-state index contributed by atoms with van der Waals surface area (Å²) in [5, 5.41) is 6.70. The molecule has 0 aromatic heterocycles. The molecule has 140 valence electrons. The van der Waals surface area contributed by atoms with E-state index < -0.39 is 0 Å². The first kappa shape index (κ1) is 18.1. The Morgan fingerprint density at radius 3 is 2.56 bits per heavy atom. The zero-order valence-electron chi connectivity index (χ0n) is 15.1. The highest BCUT2D eigenvalue weighted by molar-refractivity contribution is 7.99. The van der Waals surface area contributed by atoms with Gasteiger partial charge in [-0.3, -0.25) is 9.59 Å². The highest BCUT2D eigenvalue weighted by Crippen LogP contribution is 2.35. The number of para-hydroxylation sites is 1. The van der Waals surface area contributed by atoms with Crippen LogP contribution in [0.3, 0.4) is 0 Å². The number of hydrogen-bond donors (Lipinski definition) is 2. The monoisotopic (exact) mass is 382 g/mol. The Morgan fingerprint density at radius 2 is 1.89 bits per heavy atom. The van der Waals surface area contributed by atoms with Crippen LogP contribution in [-0.2, 0) is 4.79 Å². The molecular formula is C21H22N2O3S. The summed E-state index contributed by atoms with van der Waals surface area (Å²) in [5.74, 6) is 0.178. The molecular weight excluding hydrogens is 360 g/mol. The third kappa shape index (κ3) is 4.17. The van der Waals surface area contributed by atoms with Crippen LogP contribution in [0.5, 0.6) is 5.75 Å². The summed E-state index contributed by atoms with van der Waals surface area (Å²) < 4.78 is 5.25. The largest absolute Gasteiger partial charge is 0.426 e. The van der Waals surface area contributed by atoms with Crippen molar-refractivity contribution < 1.29 is 14.3 Å². The average molecular weight is 382 g/mol. The van der Waals surface area contributed by atoms with Gasteiger partial charge in [-0.2, -0.15) is 0 Å². The van der Waals surface area contributed by atoms with Crippen LogP contribution < -0.4 is 15.4 Å². The van der Waals surface area contributed by atoms with Gasteiger partial charge in [-0.25, -0.2) is 0 Å². The maximum absolute atomic E-state index is 12.5. The lowest BCUT2D eigenvalue weighted by atomic mass is 9.95. The lowest BCUT2D eigenvalue weighted by molar-refractivity contribution is -0.132. The highest BCUT2D eigenvalue weighted by Gasteiger charge is 2.39. The Labute approximate surface area is 162 Å². The molecule has 0 saturated carbocycles. The zero-order valence-corrected chi connectivity index (χ0v) is 15.9. The quantitative estimate of drug-likeness (QED) is 0.613. The summed E-state index contributed by atoms with van der Waals surface area (Å²) in [6.07, 6.45) is 3.39. The number of rotatable bonds is 5. The molecule has 4 rings (SSSR count). The van der Waals surface area contributed by atoms with E-state index in [2.05, 4.69) is 10.6 Å². The minimum absolute atomic E-state index is 0.0220. The van der Waals surface area contributed by atoms with Crippen LogP contribution >= 0.6 is 11.8 Å². The maximum Gasteiger partial charge on any atom is 0.308 e. The molecule has 2 aromatic carbocycles. The summed E-state index contributed by atoms with van der Waals surface area (Å²) in [6, 6.07) is 16.2. The van der Waals surface area contributed by atoms with Gasteiger partial charge in [0.25, 0.3) is 5.91 Å². The smallest absolute Gasteiger partial charge is 0.308 e. The Bertz CT molecular complexity index is 853. The average Bonchev–Trinajstić information content (AvgIpc) is 3.26. The van der Waals surface area contributed by atoms with Crippen LogP contribution in [0.2, 0.25) is 0 Å². The van der Waals surface area contributed by atoms with Crippen molar-refractivity contribution in [3.8, 4) is 5.75 Å². The Morgan fingerprint density at radius 1 is 1.11 bits per heavy atom. The molecule has 6 heteroatoms. The zero-order chi connectivity index (χ0) is 18.8. The molecule has 2 aliphatic rings. The lowest BCUT2D eigenvalue weighted by Gasteiger charge is -2.21. The molecule has 5 nitrogen and oxygen atoms in total. The number of fused-ring (bicyclic) bond motifs is 2. The van der Waals surface area contributed by atoms with Gasteiger partial charge in [0.2, 0.25) is 0 Å². The van der Waals surface area contributed by atoms with Crippen molar-refractivity contribution in [3.63, 3.8) is 0 Å². The van der Waals surface area contributed by atoms with Gasteiger partial charge in [0.15, 0.2) is 0 Å². The van der Waals surface area contributed by atoms with Gasteiger partial charge in [-0.1, -0.05) is 23.9 Å². The number of benzene rings is 2. The lowest BCUT2D eigenvalue weighted by Crippen LogP contribution is -2.42. The maximum atomic E-state index is 12.5. The number of carbonyl (C=O) groups excluding carboxylic acids is 2. The van der Waals surface area contributed by atoms with Crippen LogP contribution in [0, 0.1) is 0 Å². The summed E-state index contributed by atoms with van der Waals surface area (Å²) >= 11 is 1.50. The first-order valence-corrected chi connectivity index (χ1v) is 10.0. The second-order valence-corrected chi connectivity index (χ2v) is 8.15. The fourth-order valence-electron chi connectivity index (χ4n) is 3.81. The van der Waals surface area contributed by atoms with Gasteiger partial charge >= 0.3 is 5.97 Å². The summed E-state index contributed by atoms with van der Waals surface area (Å²) in [5.41, 5.74) is 0.662. The Balaban J connectivity index is 1.40. The summed E-state index contributed by atoms with van der Waals surface area (Å²) in [7, 11) is 0. The fourth-order valence-corrected chi connectivity index (χ4v) is 4.69. The first-order valence-electron chi connectivity index (χ1n) is 9.21. The molecule has 3 atom stereocenters. The normalized spacial score (nSPS) is 23.2. The van der Waals surface area contributed by atoms with Crippen molar-refractivity contribution in [2.24, 2.45) is 0 Å². The molecule has 0 spiro atoms. The van der Waals surface area contributed by atoms with E-state index in [0.717, 1.165) is 22.6 Å². The molecule has 2 heterocycles. The molecule has 2 fully saturated rings. The Kier molecular flexibility index (Phi) is 5.18. The van der Waals surface area contributed by atoms with Gasteiger partial charge in [0, 0.05) is 35.5 Å². The van der Waals surface area contributed by atoms with Crippen LogP contribution in [-0.4, -0.2) is 30.0 Å². The van der Waals surface area contributed by atoms with Crippen molar-refractivity contribution in [1.82, 2.24) is 10.6 Å². The van der Waals surface area contributed by atoms with Crippen LogP contribution in [0.4, 0.5) is 0 Å². The predicted octanol–water partition coefficient (Wildman–Crippen LogP) is 3.39. The molecule has 0 unspecified atom stereocenters. The number of carbonyl (C=O) groups is 2. The molecule has 2 bridgehead atoms. The summed E-state index contributed by atoms with van der Waals surface area (Å²) in [4.78, 5) is 25.6. The molecule has 0 aliphatic carbocycles. The third-order valence-electron chi connectivity index (χ3n) is 5.06. The number of amides is 1. The topological polar surface area (TPSA) is 67.4 Å². The molecule has 2 N–H and O–H groups in total. The molecule has 0 radical (unpaired) electrons. The van der Waals surface area contributed by atoms with Crippen LogP contribution in [0.1, 0.15) is 36.5 Å². The minimum Gasteiger partial charge on any atom is -0.426 e. The molecule has 2 aliphatic heterocycles. The van der Waals surface area contributed by atoms with Crippen molar-refractivity contribution >= 4 is 23.6 Å². The Hall–Kier alpha value is -2.31. The minimum atomic E-state index is -0.342. The van der Waals surface area contributed by atoms with E-state index in [0.29, 0.717) is 23.4 Å². The van der Waals surface area contributed by atoms with E-state index in [1.807, 2.05) is 42.5 Å². The predicted molar refractivity (Wildman–Crippen MR) is 104 cm³/mol. The van der Waals surface area contributed by atoms with E-state index in [-0.39, 0.29) is 17.9 Å². The third-order valence-corrected chi connectivity index (χ3v) is 6.13. The van der Waals surface area contributed by atoms with Crippen molar-refractivity contribution in [2.75, 3.05) is 0 Å². The van der Waals surface area contributed by atoms with Crippen molar-refractivity contribution in [2.45, 2.75) is 54.1 Å². The van der Waals surface area contributed by atoms with Gasteiger partial charge in [-0.15, -0.1) is 0 Å². The van der Waals surface area contributed by atoms with Crippen molar-refractivity contribution in [1.29, 1.82) is 0 Å². The second kappa shape index (κ2) is 7.74. The summed E-state index contributed by atoms with van der Waals surface area (Å²) in [6.45, 7) is 1.39. The second-order valence-electron chi connectivity index (χ2n) is 7.03. The molecule has 2 saturated heterocycles. The molecule has 27 heavy (non-hydrogen) atoms. The van der Waals surface area contributed by atoms with E-state index in [9.17, 15) is 9.59 Å². The van der Waals surface area contributed by atoms with Gasteiger partial charge in [-0.05, 0) is 55.7 Å². The van der Waals surface area contributed by atoms with Crippen LogP contribution in [0.25, 0.3) is 0 Å². The van der Waals surface area contributed by atoms with E-state index in [1.54, 1.807) is 6.07 Å². The van der Waals surface area contributed by atoms with Gasteiger partial charge in [0.1, 0.15) is 5.75 Å².